The van der Waals surface area contributed by atoms with Crippen LogP contribution < -0.4 is 11.1 Å². The topological polar surface area (TPSA) is 78.7 Å². The molecule has 1 heterocycles. The van der Waals surface area contributed by atoms with Crippen LogP contribution in [0.1, 0.15) is 12.0 Å². The van der Waals surface area contributed by atoms with E-state index in [0.29, 0.717) is 5.92 Å². The molecular weight excluding hydrogens is 292 g/mol. The molecule has 1 aromatic rings. The maximum absolute atomic E-state index is 12.0. The number of rotatable bonds is 7. The number of hydrogen-bond donors (Lipinski definition) is 2. The first-order valence-corrected chi connectivity index (χ1v) is 8.05. The number of nitrogens with zero attached hydrogens (tertiary/aromatic N) is 2. The van der Waals surface area contributed by atoms with Gasteiger partial charge in [0.2, 0.25) is 11.8 Å². The van der Waals surface area contributed by atoms with E-state index in [1.807, 2.05) is 6.07 Å². The summed E-state index contributed by atoms with van der Waals surface area (Å²) >= 11 is 0. The van der Waals surface area contributed by atoms with Crippen molar-refractivity contribution in [2.75, 3.05) is 39.8 Å². The van der Waals surface area contributed by atoms with Crippen molar-refractivity contribution in [2.45, 2.75) is 13.0 Å². The second-order valence-electron chi connectivity index (χ2n) is 6.13. The molecule has 6 nitrogen and oxygen atoms in total. The molecule has 1 aromatic carbocycles. The number of benzene rings is 1. The van der Waals surface area contributed by atoms with Gasteiger partial charge in [-0.2, -0.15) is 0 Å². The van der Waals surface area contributed by atoms with Crippen LogP contribution in [0.5, 0.6) is 0 Å². The Labute approximate surface area is 137 Å². The van der Waals surface area contributed by atoms with E-state index in [4.69, 9.17) is 5.73 Å². The Kier molecular flexibility index (Phi) is 6.55. The molecule has 23 heavy (non-hydrogen) atoms. The van der Waals surface area contributed by atoms with Gasteiger partial charge in [-0.3, -0.25) is 14.5 Å². The maximum Gasteiger partial charge on any atom is 0.241 e. The van der Waals surface area contributed by atoms with Gasteiger partial charge in [0.05, 0.1) is 13.1 Å². The number of amides is 2. The van der Waals surface area contributed by atoms with E-state index in [0.717, 1.165) is 32.6 Å². The van der Waals surface area contributed by atoms with Crippen molar-refractivity contribution in [3.8, 4) is 0 Å². The van der Waals surface area contributed by atoms with Crippen LogP contribution in [-0.4, -0.2) is 61.4 Å². The first-order chi connectivity index (χ1) is 11.1. The monoisotopic (exact) mass is 318 g/mol. The quantitative estimate of drug-likeness (QED) is 0.744. The fourth-order valence-corrected chi connectivity index (χ4v) is 2.92. The summed E-state index contributed by atoms with van der Waals surface area (Å²) in [6.45, 7) is 3.68. The number of carbonyl (C=O) groups excluding carboxylic acids is 2. The summed E-state index contributed by atoms with van der Waals surface area (Å²) in [5.41, 5.74) is 6.52. The number of carbonyl (C=O) groups is 2. The standard InChI is InChI=1S/C17H26N4O2/c1-20(17(23)10-19-16(22)9-18)11-15-7-8-21(13-15)12-14-5-3-2-4-6-14/h2-6,15H,7-13,18H2,1H3,(H,19,22). The van der Waals surface area contributed by atoms with Gasteiger partial charge < -0.3 is 16.0 Å². The highest BCUT2D eigenvalue weighted by atomic mass is 16.2. The van der Waals surface area contributed by atoms with Gasteiger partial charge in [-0.05, 0) is 24.4 Å². The lowest BCUT2D eigenvalue weighted by Crippen LogP contribution is -2.42. The molecular formula is C17H26N4O2. The van der Waals surface area contributed by atoms with Crippen LogP contribution in [-0.2, 0) is 16.1 Å². The van der Waals surface area contributed by atoms with E-state index in [2.05, 4.69) is 34.5 Å². The van der Waals surface area contributed by atoms with E-state index in [1.54, 1.807) is 11.9 Å². The van der Waals surface area contributed by atoms with Gasteiger partial charge in [0, 0.05) is 26.7 Å². The molecule has 0 spiro atoms. The lowest BCUT2D eigenvalue weighted by molar-refractivity contribution is -0.131. The molecule has 0 aromatic heterocycles. The lowest BCUT2D eigenvalue weighted by atomic mass is 10.1. The smallest absolute Gasteiger partial charge is 0.241 e. The van der Waals surface area contributed by atoms with E-state index >= 15 is 0 Å². The number of nitrogens with one attached hydrogen (secondary N) is 1. The highest BCUT2D eigenvalue weighted by molar-refractivity contribution is 5.85. The molecule has 6 heteroatoms. The second kappa shape index (κ2) is 8.64. The molecule has 3 N–H and O–H groups in total. The zero-order valence-corrected chi connectivity index (χ0v) is 13.7. The Balaban J connectivity index is 1.72. The summed E-state index contributed by atoms with van der Waals surface area (Å²) in [7, 11) is 1.79. The fraction of sp³-hybridized carbons (Fsp3) is 0.529. The van der Waals surface area contributed by atoms with Gasteiger partial charge in [-0.15, -0.1) is 0 Å². The maximum atomic E-state index is 12.0. The van der Waals surface area contributed by atoms with Crippen molar-refractivity contribution >= 4 is 11.8 Å². The summed E-state index contributed by atoms with van der Waals surface area (Å²) in [4.78, 5) is 27.2. The highest BCUT2D eigenvalue weighted by Crippen LogP contribution is 2.19. The largest absolute Gasteiger partial charge is 0.346 e. The minimum absolute atomic E-state index is 0.0208. The van der Waals surface area contributed by atoms with Gasteiger partial charge in [0.1, 0.15) is 0 Å². The van der Waals surface area contributed by atoms with E-state index in [1.165, 1.54) is 5.56 Å². The number of likely N-dealkylation sites (N-methyl/N-ethyl adjacent to an activating group) is 1. The Morgan fingerprint density at radius 3 is 2.78 bits per heavy atom. The number of likely N-dealkylation sites (tertiary alicyclic amines) is 1. The van der Waals surface area contributed by atoms with E-state index < -0.39 is 0 Å². The van der Waals surface area contributed by atoms with E-state index in [9.17, 15) is 9.59 Å². The third-order valence-corrected chi connectivity index (χ3v) is 4.20. The van der Waals surface area contributed by atoms with E-state index in [-0.39, 0.29) is 24.9 Å². The number of hydrogen-bond acceptors (Lipinski definition) is 4. The van der Waals surface area contributed by atoms with Crippen molar-refractivity contribution in [1.82, 2.24) is 15.1 Å². The molecule has 1 aliphatic rings. The minimum atomic E-state index is -0.304. The van der Waals surface area contributed by atoms with Crippen molar-refractivity contribution < 1.29 is 9.59 Å². The molecule has 1 atom stereocenters. The van der Waals surface area contributed by atoms with Crippen molar-refractivity contribution in [2.24, 2.45) is 11.7 Å². The highest BCUT2D eigenvalue weighted by Gasteiger charge is 2.24. The molecule has 0 aliphatic carbocycles. The first-order valence-electron chi connectivity index (χ1n) is 8.05. The average Bonchev–Trinajstić information content (AvgIpc) is 3.00. The normalized spacial score (nSPS) is 17.9. The second-order valence-corrected chi connectivity index (χ2v) is 6.13. The van der Waals surface area contributed by atoms with Crippen molar-refractivity contribution in [3.05, 3.63) is 35.9 Å². The summed E-state index contributed by atoms with van der Waals surface area (Å²) in [6, 6.07) is 10.4. The molecule has 0 bridgehead atoms. The SMILES string of the molecule is CN(CC1CCN(Cc2ccccc2)C1)C(=O)CNC(=O)CN. The molecule has 1 unspecified atom stereocenters. The van der Waals surface area contributed by atoms with Crippen LogP contribution in [0.4, 0.5) is 0 Å². The van der Waals surface area contributed by atoms with Crippen LogP contribution in [0.2, 0.25) is 0 Å². The Hall–Kier alpha value is -1.92. The summed E-state index contributed by atoms with van der Waals surface area (Å²) in [5, 5.41) is 2.51. The number of nitrogens with two attached hydrogens (primary N) is 1. The van der Waals surface area contributed by atoms with Crippen LogP contribution in [0.25, 0.3) is 0 Å². The Morgan fingerprint density at radius 2 is 2.09 bits per heavy atom. The zero-order valence-electron chi connectivity index (χ0n) is 13.7. The van der Waals surface area contributed by atoms with Crippen LogP contribution in [0.3, 0.4) is 0 Å². The van der Waals surface area contributed by atoms with Crippen LogP contribution in [0, 0.1) is 5.92 Å². The Morgan fingerprint density at radius 1 is 1.35 bits per heavy atom. The van der Waals surface area contributed by atoms with Gasteiger partial charge in [-0.25, -0.2) is 0 Å². The molecule has 1 aliphatic heterocycles. The molecule has 1 fully saturated rings. The zero-order chi connectivity index (χ0) is 16.7. The molecule has 1 saturated heterocycles. The van der Waals surface area contributed by atoms with Gasteiger partial charge in [0.25, 0.3) is 0 Å². The van der Waals surface area contributed by atoms with Crippen LogP contribution >= 0.6 is 0 Å². The van der Waals surface area contributed by atoms with Gasteiger partial charge in [-0.1, -0.05) is 30.3 Å². The molecule has 126 valence electrons. The predicted octanol–water partition coefficient (Wildman–Crippen LogP) is 0.0418. The summed E-state index contributed by atoms with van der Waals surface area (Å²) in [5.74, 6) is 0.104. The third kappa shape index (κ3) is 5.65. The summed E-state index contributed by atoms with van der Waals surface area (Å²) < 4.78 is 0. The molecule has 2 rings (SSSR count). The average molecular weight is 318 g/mol. The lowest BCUT2D eigenvalue weighted by Gasteiger charge is -2.22. The van der Waals surface area contributed by atoms with Crippen molar-refractivity contribution in [3.63, 3.8) is 0 Å². The first kappa shape index (κ1) is 17.4. The fourth-order valence-electron chi connectivity index (χ4n) is 2.92. The molecule has 0 saturated carbocycles. The van der Waals surface area contributed by atoms with Crippen molar-refractivity contribution in [1.29, 1.82) is 0 Å². The molecule has 2 amide bonds. The summed E-state index contributed by atoms with van der Waals surface area (Å²) in [6.07, 6.45) is 1.10. The molecule has 0 radical (unpaired) electrons. The van der Waals surface area contributed by atoms with Gasteiger partial charge >= 0.3 is 0 Å². The third-order valence-electron chi connectivity index (χ3n) is 4.20. The Bertz CT molecular complexity index is 521. The van der Waals surface area contributed by atoms with Crippen LogP contribution in [0.15, 0.2) is 30.3 Å². The minimum Gasteiger partial charge on any atom is -0.346 e. The predicted molar refractivity (Wildman–Crippen MR) is 89.5 cm³/mol. The van der Waals surface area contributed by atoms with Gasteiger partial charge in [0.15, 0.2) is 0 Å².